The summed E-state index contributed by atoms with van der Waals surface area (Å²) in [6, 6.07) is 6.26. The maximum absolute atomic E-state index is 13.3. The zero-order valence-electron chi connectivity index (χ0n) is 18.8. The fraction of sp³-hybridized carbons (Fsp3) is 0.542. The van der Waals surface area contributed by atoms with E-state index in [0.717, 1.165) is 49.4 Å². The number of oxime groups is 1. The highest BCUT2D eigenvalue weighted by Crippen LogP contribution is 2.39. The van der Waals surface area contributed by atoms with Gasteiger partial charge < -0.3 is 14.1 Å². The third-order valence-electron chi connectivity index (χ3n) is 6.42. The average molecular weight is 443 g/mol. The first-order chi connectivity index (χ1) is 15.5. The summed E-state index contributed by atoms with van der Waals surface area (Å²) >= 11 is 0. The second-order valence-electron chi connectivity index (χ2n) is 8.67. The van der Waals surface area contributed by atoms with Gasteiger partial charge in [0.1, 0.15) is 11.9 Å². The Labute approximate surface area is 188 Å². The Bertz CT molecular complexity index is 958. The first-order valence-corrected chi connectivity index (χ1v) is 11.4. The van der Waals surface area contributed by atoms with E-state index in [0.29, 0.717) is 26.0 Å². The first kappa shape index (κ1) is 22.5. The smallest absolute Gasteiger partial charge is 0.313 e. The minimum atomic E-state index is -0.635. The Kier molecular flexibility index (Phi) is 6.89. The average Bonchev–Trinajstić information content (AvgIpc) is 3.44. The molecule has 4 rings (SSSR count). The molecule has 1 saturated heterocycles. The van der Waals surface area contributed by atoms with Gasteiger partial charge in [0.05, 0.1) is 29.8 Å². The number of benzene rings is 1. The minimum Gasteiger partial charge on any atom is -0.466 e. The minimum absolute atomic E-state index is 0.160. The number of aromatic nitrogens is 2. The molecule has 2 aromatic rings. The Balaban J connectivity index is 1.47. The van der Waals surface area contributed by atoms with Crippen LogP contribution >= 0.6 is 0 Å². The van der Waals surface area contributed by atoms with Gasteiger partial charge in [0.15, 0.2) is 0 Å². The second kappa shape index (κ2) is 9.81. The summed E-state index contributed by atoms with van der Waals surface area (Å²) in [6.45, 7) is 7.45. The zero-order valence-corrected chi connectivity index (χ0v) is 18.8. The van der Waals surface area contributed by atoms with Gasteiger partial charge in [0, 0.05) is 38.7 Å². The second-order valence-corrected chi connectivity index (χ2v) is 8.67. The molecule has 0 bridgehead atoms. The molecule has 0 amide bonds. The van der Waals surface area contributed by atoms with Crippen LogP contribution in [-0.2, 0) is 27.5 Å². The van der Waals surface area contributed by atoms with Gasteiger partial charge >= 0.3 is 5.97 Å². The predicted molar refractivity (Wildman–Crippen MR) is 119 cm³/mol. The number of carbonyl (C=O) groups excluding carboxylic acids is 1. The van der Waals surface area contributed by atoms with Crippen LogP contribution in [-0.4, -0.2) is 51.9 Å². The number of hydrogen-bond acceptors (Lipinski definition) is 6. The van der Waals surface area contributed by atoms with Crippen molar-refractivity contribution in [3.8, 4) is 0 Å². The number of nitrogens with zero attached hydrogens (tertiary/aromatic N) is 4. The monoisotopic (exact) mass is 442 g/mol. The predicted octanol–water partition coefficient (Wildman–Crippen LogP) is 3.77. The fourth-order valence-electron chi connectivity index (χ4n) is 4.84. The number of hydrogen-bond donors (Lipinski definition) is 0. The van der Waals surface area contributed by atoms with Crippen LogP contribution in [0.15, 0.2) is 41.9 Å². The molecule has 2 aliphatic heterocycles. The molecule has 0 unspecified atom stereocenters. The highest BCUT2D eigenvalue weighted by molar-refractivity contribution is 6.01. The van der Waals surface area contributed by atoms with E-state index in [1.807, 2.05) is 19.4 Å². The maximum Gasteiger partial charge on any atom is 0.313 e. The molecular formula is C24H31FN4O3. The van der Waals surface area contributed by atoms with Crippen LogP contribution in [0.2, 0.25) is 0 Å². The number of aryl methyl sites for hydroxylation is 1. The molecule has 1 fully saturated rings. The summed E-state index contributed by atoms with van der Waals surface area (Å²) in [4.78, 5) is 25.5. The Morgan fingerprint density at radius 2 is 2.12 bits per heavy atom. The quantitative estimate of drug-likeness (QED) is 0.582. The van der Waals surface area contributed by atoms with Crippen molar-refractivity contribution in [2.45, 2.75) is 58.7 Å². The third-order valence-corrected chi connectivity index (χ3v) is 6.42. The van der Waals surface area contributed by atoms with E-state index < -0.39 is 5.41 Å². The molecule has 0 radical (unpaired) electrons. The maximum atomic E-state index is 13.3. The molecule has 172 valence electrons. The summed E-state index contributed by atoms with van der Waals surface area (Å²) in [5.41, 5.74) is 2.14. The molecule has 2 atom stereocenters. The van der Waals surface area contributed by atoms with E-state index in [1.165, 1.54) is 12.1 Å². The zero-order chi connectivity index (χ0) is 22.6. The number of ether oxygens (including phenoxy) is 1. The number of esters is 1. The highest BCUT2D eigenvalue weighted by Gasteiger charge is 2.46. The van der Waals surface area contributed by atoms with E-state index in [-0.39, 0.29) is 17.9 Å². The fourth-order valence-corrected chi connectivity index (χ4v) is 4.84. The van der Waals surface area contributed by atoms with Crippen molar-refractivity contribution in [1.29, 1.82) is 0 Å². The lowest BCUT2D eigenvalue weighted by molar-refractivity contribution is -0.162. The Hall–Kier alpha value is -2.74. The van der Waals surface area contributed by atoms with Crippen molar-refractivity contribution < 1.29 is 18.8 Å². The number of likely N-dealkylation sites (tertiary alicyclic amines) is 1. The lowest BCUT2D eigenvalue weighted by Gasteiger charge is -2.41. The molecule has 32 heavy (non-hydrogen) atoms. The van der Waals surface area contributed by atoms with Crippen LogP contribution in [0, 0.1) is 11.2 Å². The van der Waals surface area contributed by atoms with Crippen molar-refractivity contribution in [3.05, 3.63) is 53.9 Å². The SMILES string of the molecule is CCOC(=O)[C@@]1(C[C@H]2CC(c3ccc(F)cc3)=NO2)CCCN(Cc2cncn2CC)C1. The summed E-state index contributed by atoms with van der Waals surface area (Å²) in [7, 11) is 0. The molecule has 0 N–H and O–H groups in total. The Morgan fingerprint density at radius 1 is 1.31 bits per heavy atom. The molecule has 0 aliphatic carbocycles. The van der Waals surface area contributed by atoms with E-state index in [2.05, 4.69) is 26.5 Å². The molecule has 0 spiro atoms. The molecule has 0 saturated carbocycles. The van der Waals surface area contributed by atoms with Crippen LogP contribution in [0.5, 0.6) is 0 Å². The topological polar surface area (TPSA) is 69.0 Å². The summed E-state index contributed by atoms with van der Waals surface area (Å²) in [6.07, 6.45) is 6.35. The van der Waals surface area contributed by atoms with E-state index in [9.17, 15) is 9.18 Å². The van der Waals surface area contributed by atoms with Gasteiger partial charge in [-0.05, 0) is 50.9 Å². The molecule has 8 heteroatoms. The van der Waals surface area contributed by atoms with Crippen molar-refractivity contribution in [1.82, 2.24) is 14.5 Å². The van der Waals surface area contributed by atoms with E-state index >= 15 is 0 Å². The molecule has 7 nitrogen and oxygen atoms in total. The number of rotatable bonds is 8. The van der Waals surface area contributed by atoms with Crippen LogP contribution < -0.4 is 0 Å². The number of halogens is 1. The first-order valence-electron chi connectivity index (χ1n) is 11.4. The summed E-state index contributed by atoms with van der Waals surface area (Å²) in [5.74, 6) is -0.440. The van der Waals surface area contributed by atoms with Crippen molar-refractivity contribution in [3.63, 3.8) is 0 Å². The van der Waals surface area contributed by atoms with Crippen LogP contribution in [0.1, 0.15) is 50.8 Å². The number of carbonyl (C=O) groups is 1. The number of imidazole rings is 1. The standard InChI is InChI=1S/C24H31FN4O3/c1-3-29-17-26-14-20(29)15-28-11-5-10-24(16-28,23(30)31-4-2)13-21-12-22(27-32-21)18-6-8-19(25)9-7-18/h6-9,14,17,21H,3-5,10-13,15-16H2,1-2H3/t21-,24-/m1/s1. The molecule has 1 aromatic heterocycles. The molecule has 1 aromatic carbocycles. The number of piperidine rings is 1. The normalized spacial score (nSPS) is 23.6. The van der Waals surface area contributed by atoms with Crippen LogP contribution in [0.25, 0.3) is 0 Å². The summed E-state index contributed by atoms with van der Waals surface area (Å²) < 4.78 is 20.9. The van der Waals surface area contributed by atoms with Crippen molar-refractivity contribution in [2.24, 2.45) is 10.6 Å². The van der Waals surface area contributed by atoms with Gasteiger partial charge in [-0.25, -0.2) is 9.37 Å². The van der Waals surface area contributed by atoms with Gasteiger partial charge in [0.25, 0.3) is 0 Å². The molecule has 2 aliphatic rings. The van der Waals surface area contributed by atoms with Gasteiger partial charge in [-0.3, -0.25) is 9.69 Å². The summed E-state index contributed by atoms with van der Waals surface area (Å²) in [5, 5.41) is 4.24. The van der Waals surface area contributed by atoms with E-state index in [1.54, 1.807) is 12.1 Å². The lowest BCUT2D eigenvalue weighted by Crippen LogP contribution is -2.50. The van der Waals surface area contributed by atoms with Crippen molar-refractivity contribution >= 4 is 11.7 Å². The van der Waals surface area contributed by atoms with Gasteiger partial charge in [-0.1, -0.05) is 17.3 Å². The van der Waals surface area contributed by atoms with Crippen molar-refractivity contribution in [2.75, 3.05) is 19.7 Å². The third kappa shape index (κ3) is 4.85. The largest absolute Gasteiger partial charge is 0.466 e. The molecule has 3 heterocycles. The van der Waals surface area contributed by atoms with Crippen LogP contribution in [0.4, 0.5) is 4.39 Å². The van der Waals surface area contributed by atoms with E-state index in [4.69, 9.17) is 9.57 Å². The highest BCUT2D eigenvalue weighted by atomic mass is 19.1. The Morgan fingerprint density at radius 3 is 2.88 bits per heavy atom. The lowest BCUT2D eigenvalue weighted by atomic mass is 9.74. The van der Waals surface area contributed by atoms with Gasteiger partial charge in [0.2, 0.25) is 0 Å². The van der Waals surface area contributed by atoms with Gasteiger partial charge in [-0.15, -0.1) is 0 Å². The molecular weight excluding hydrogens is 411 g/mol. The van der Waals surface area contributed by atoms with Gasteiger partial charge in [-0.2, -0.15) is 0 Å². The van der Waals surface area contributed by atoms with Crippen LogP contribution in [0.3, 0.4) is 0 Å².